The molecule has 3 atom stereocenters. The van der Waals surface area contributed by atoms with E-state index in [1.54, 1.807) is 30.3 Å². The Bertz CT molecular complexity index is 694. The molecule has 0 amide bonds. The van der Waals surface area contributed by atoms with Crippen LogP contribution in [-0.4, -0.2) is 39.0 Å². The standard InChI is InChI=1S/C18H23ClFN3O2/c1-25-9-16-21-12-23(22-16)11-18(10-19)7-6-14(17(18)24)8-13-2-4-15(20)5-3-13/h2-5,12,14,17,24H,6-11H2,1H3. The van der Waals surface area contributed by atoms with Gasteiger partial charge in [-0.05, 0) is 42.9 Å². The Morgan fingerprint density at radius 3 is 2.84 bits per heavy atom. The second kappa shape index (κ2) is 7.81. The number of rotatable bonds is 7. The van der Waals surface area contributed by atoms with E-state index in [1.165, 1.54) is 12.1 Å². The molecule has 1 aliphatic carbocycles. The monoisotopic (exact) mass is 367 g/mol. The van der Waals surface area contributed by atoms with Crippen LogP contribution in [0.5, 0.6) is 0 Å². The van der Waals surface area contributed by atoms with Gasteiger partial charge in [0.05, 0.1) is 12.6 Å². The van der Waals surface area contributed by atoms with Crippen molar-refractivity contribution in [2.45, 2.75) is 38.5 Å². The highest BCUT2D eigenvalue weighted by Crippen LogP contribution is 2.45. The molecule has 3 unspecified atom stereocenters. The maximum atomic E-state index is 13.1. The molecule has 1 aromatic carbocycles. The fourth-order valence-corrected chi connectivity index (χ4v) is 4.08. The molecule has 25 heavy (non-hydrogen) atoms. The van der Waals surface area contributed by atoms with Gasteiger partial charge in [-0.25, -0.2) is 9.37 Å². The summed E-state index contributed by atoms with van der Waals surface area (Å²) >= 11 is 6.27. The largest absolute Gasteiger partial charge is 0.392 e. The first kappa shape index (κ1) is 18.3. The van der Waals surface area contributed by atoms with Gasteiger partial charge in [0, 0.05) is 18.4 Å². The van der Waals surface area contributed by atoms with Gasteiger partial charge in [-0.2, -0.15) is 5.10 Å². The number of alkyl halides is 1. The number of hydrogen-bond donors (Lipinski definition) is 1. The molecular weight excluding hydrogens is 345 g/mol. The number of halogens is 2. The molecule has 1 saturated carbocycles. The number of aromatic nitrogens is 3. The zero-order valence-corrected chi connectivity index (χ0v) is 15.0. The van der Waals surface area contributed by atoms with Crippen LogP contribution in [-0.2, 0) is 24.3 Å². The molecule has 136 valence electrons. The van der Waals surface area contributed by atoms with Gasteiger partial charge in [-0.1, -0.05) is 12.1 Å². The van der Waals surface area contributed by atoms with E-state index in [2.05, 4.69) is 10.1 Å². The second-order valence-electron chi connectivity index (χ2n) is 6.86. The van der Waals surface area contributed by atoms with E-state index in [4.69, 9.17) is 16.3 Å². The number of aliphatic hydroxyl groups is 1. The molecule has 0 radical (unpaired) electrons. The van der Waals surface area contributed by atoms with Crippen LogP contribution in [0.25, 0.3) is 0 Å². The quantitative estimate of drug-likeness (QED) is 0.764. The maximum absolute atomic E-state index is 13.1. The van der Waals surface area contributed by atoms with Crippen molar-refractivity contribution in [2.75, 3.05) is 13.0 Å². The normalized spacial score (nSPS) is 26.2. The van der Waals surface area contributed by atoms with Gasteiger partial charge in [0.1, 0.15) is 18.8 Å². The summed E-state index contributed by atoms with van der Waals surface area (Å²) < 4.78 is 19.8. The van der Waals surface area contributed by atoms with Crippen molar-refractivity contribution in [1.82, 2.24) is 14.8 Å². The minimum absolute atomic E-state index is 0.103. The van der Waals surface area contributed by atoms with Crippen molar-refractivity contribution in [2.24, 2.45) is 11.3 Å². The first-order valence-electron chi connectivity index (χ1n) is 8.42. The zero-order valence-electron chi connectivity index (χ0n) is 14.2. The summed E-state index contributed by atoms with van der Waals surface area (Å²) in [7, 11) is 1.60. The molecule has 1 N–H and O–H groups in total. The van der Waals surface area contributed by atoms with E-state index >= 15 is 0 Å². The SMILES string of the molecule is COCc1ncn(CC2(CCl)CCC(Cc3ccc(F)cc3)C2O)n1. The van der Waals surface area contributed by atoms with Crippen molar-refractivity contribution in [3.05, 3.63) is 47.8 Å². The molecular formula is C18H23ClFN3O2. The first-order valence-corrected chi connectivity index (χ1v) is 8.95. The van der Waals surface area contributed by atoms with Crippen molar-refractivity contribution in [3.63, 3.8) is 0 Å². The number of hydrogen-bond acceptors (Lipinski definition) is 4. The highest BCUT2D eigenvalue weighted by molar-refractivity contribution is 6.18. The molecule has 0 bridgehead atoms. The van der Waals surface area contributed by atoms with Gasteiger partial charge in [-0.15, -0.1) is 11.6 Å². The van der Waals surface area contributed by atoms with E-state index in [-0.39, 0.29) is 11.7 Å². The average molecular weight is 368 g/mol. The van der Waals surface area contributed by atoms with Crippen LogP contribution in [0.3, 0.4) is 0 Å². The fraction of sp³-hybridized carbons (Fsp3) is 0.556. The summed E-state index contributed by atoms with van der Waals surface area (Å²) in [5, 5.41) is 15.3. The third-order valence-corrected chi connectivity index (χ3v) is 5.63. The lowest BCUT2D eigenvalue weighted by Crippen LogP contribution is -2.39. The van der Waals surface area contributed by atoms with E-state index in [1.807, 2.05) is 0 Å². The predicted octanol–water partition coefficient (Wildman–Crippen LogP) is 2.80. The summed E-state index contributed by atoms with van der Waals surface area (Å²) in [6.45, 7) is 0.880. The zero-order chi connectivity index (χ0) is 17.9. The molecule has 1 aromatic heterocycles. The molecule has 1 aliphatic rings. The van der Waals surface area contributed by atoms with E-state index < -0.39 is 11.5 Å². The summed E-state index contributed by atoms with van der Waals surface area (Å²) in [6.07, 6.45) is 3.54. The third-order valence-electron chi connectivity index (χ3n) is 5.10. The topological polar surface area (TPSA) is 60.2 Å². The number of nitrogens with zero attached hydrogens (tertiary/aromatic N) is 3. The smallest absolute Gasteiger partial charge is 0.176 e. The average Bonchev–Trinajstić information content (AvgIpc) is 3.17. The maximum Gasteiger partial charge on any atom is 0.176 e. The van der Waals surface area contributed by atoms with E-state index in [0.29, 0.717) is 31.3 Å². The molecule has 0 aliphatic heterocycles. The van der Waals surface area contributed by atoms with Crippen LogP contribution in [0.2, 0.25) is 0 Å². The Labute approximate surface area is 151 Å². The van der Waals surface area contributed by atoms with Crippen LogP contribution in [0, 0.1) is 17.2 Å². The van der Waals surface area contributed by atoms with Crippen LogP contribution >= 0.6 is 11.6 Å². The summed E-state index contributed by atoms with van der Waals surface area (Å²) in [5.41, 5.74) is 0.601. The van der Waals surface area contributed by atoms with Crippen molar-refractivity contribution < 1.29 is 14.2 Å². The summed E-state index contributed by atoms with van der Waals surface area (Å²) in [4.78, 5) is 4.20. The number of methoxy groups -OCH3 is 1. The lowest BCUT2D eigenvalue weighted by atomic mass is 9.83. The highest BCUT2D eigenvalue weighted by atomic mass is 35.5. The van der Waals surface area contributed by atoms with Gasteiger partial charge in [-0.3, -0.25) is 4.68 Å². The van der Waals surface area contributed by atoms with Gasteiger partial charge >= 0.3 is 0 Å². The molecule has 0 saturated heterocycles. The Kier molecular flexibility index (Phi) is 5.71. The second-order valence-corrected chi connectivity index (χ2v) is 7.13. The molecule has 7 heteroatoms. The summed E-state index contributed by atoms with van der Waals surface area (Å²) in [6, 6.07) is 6.46. The molecule has 3 rings (SSSR count). The molecule has 2 aromatic rings. The Balaban J connectivity index is 1.69. The van der Waals surface area contributed by atoms with Gasteiger partial charge in [0.15, 0.2) is 5.82 Å². The number of benzene rings is 1. The summed E-state index contributed by atoms with van der Waals surface area (Å²) in [5.74, 6) is 0.825. The molecule has 5 nitrogen and oxygen atoms in total. The van der Waals surface area contributed by atoms with E-state index in [9.17, 15) is 9.50 Å². The Morgan fingerprint density at radius 2 is 2.16 bits per heavy atom. The van der Waals surface area contributed by atoms with Gasteiger partial charge in [0.2, 0.25) is 0 Å². The Morgan fingerprint density at radius 1 is 1.40 bits per heavy atom. The van der Waals surface area contributed by atoms with Gasteiger partial charge < -0.3 is 9.84 Å². The van der Waals surface area contributed by atoms with Crippen LogP contribution in [0.1, 0.15) is 24.2 Å². The highest BCUT2D eigenvalue weighted by Gasteiger charge is 2.47. The van der Waals surface area contributed by atoms with Crippen LogP contribution in [0.15, 0.2) is 30.6 Å². The predicted molar refractivity (Wildman–Crippen MR) is 92.7 cm³/mol. The molecule has 1 heterocycles. The number of ether oxygens (including phenoxy) is 1. The lowest BCUT2D eigenvalue weighted by molar-refractivity contribution is 0.0241. The van der Waals surface area contributed by atoms with Crippen LogP contribution in [0.4, 0.5) is 4.39 Å². The molecule has 0 spiro atoms. The third kappa shape index (κ3) is 4.02. The van der Waals surface area contributed by atoms with Crippen molar-refractivity contribution >= 4 is 11.6 Å². The molecule has 1 fully saturated rings. The first-order chi connectivity index (χ1) is 12.1. The fourth-order valence-electron chi connectivity index (χ4n) is 3.70. The lowest BCUT2D eigenvalue weighted by Gasteiger charge is -2.32. The Hall–Kier alpha value is -1.50. The minimum atomic E-state index is -0.537. The van der Waals surface area contributed by atoms with Crippen molar-refractivity contribution in [1.29, 1.82) is 0 Å². The van der Waals surface area contributed by atoms with Crippen molar-refractivity contribution in [3.8, 4) is 0 Å². The van der Waals surface area contributed by atoms with E-state index in [0.717, 1.165) is 18.4 Å². The van der Waals surface area contributed by atoms with Gasteiger partial charge in [0.25, 0.3) is 0 Å². The minimum Gasteiger partial charge on any atom is -0.392 e. The number of aliphatic hydroxyl groups excluding tert-OH is 1. The van der Waals surface area contributed by atoms with Crippen LogP contribution < -0.4 is 0 Å².